The van der Waals surface area contributed by atoms with Crippen LogP contribution in [-0.2, 0) is 19.4 Å². The zero-order valence-electron chi connectivity index (χ0n) is 12.5. The molecule has 22 heavy (non-hydrogen) atoms. The molecule has 0 unspecified atom stereocenters. The molecule has 1 N–H and O–H groups in total. The van der Waals surface area contributed by atoms with Crippen molar-refractivity contribution in [1.82, 2.24) is 10.2 Å². The minimum absolute atomic E-state index is 0.0723. The van der Waals surface area contributed by atoms with E-state index in [1.54, 1.807) is 37.3 Å². The second kappa shape index (κ2) is 6.91. The largest absolute Gasteiger partial charge is 0.353 e. The minimum Gasteiger partial charge on any atom is -0.353 e. The van der Waals surface area contributed by atoms with E-state index in [0.717, 1.165) is 0 Å². The van der Waals surface area contributed by atoms with Crippen molar-refractivity contribution in [3.8, 4) is 0 Å². The van der Waals surface area contributed by atoms with Crippen LogP contribution in [-0.4, -0.2) is 50.0 Å². The van der Waals surface area contributed by atoms with Crippen molar-refractivity contribution in [1.29, 1.82) is 0 Å². The van der Waals surface area contributed by atoms with Crippen LogP contribution in [0.1, 0.15) is 19.8 Å². The number of piperazine rings is 1. The fraction of sp³-hybridized carbons (Fsp3) is 0.467. The molecule has 1 aromatic carbocycles. The van der Waals surface area contributed by atoms with Crippen LogP contribution in [0.3, 0.4) is 0 Å². The Morgan fingerprint density at radius 1 is 1.32 bits per heavy atom. The van der Waals surface area contributed by atoms with Gasteiger partial charge in [-0.3, -0.25) is 9.59 Å². The molecule has 1 fully saturated rings. The van der Waals surface area contributed by atoms with Crippen molar-refractivity contribution in [3.63, 3.8) is 0 Å². The summed E-state index contributed by atoms with van der Waals surface area (Å²) in [5.41, 5.74) is 0. The van der Waals surface area contributed by atoms with Crippen LogP contribution in [0.2, 0.25) is 0 Å². The van der Waals surface area contributed by atoms with Gasteiger partial charge in [-0.25, -0.2) is 8.42 Å². The summed E-state index contributed by atoms with van der Waals surface area (Å²) in [4.78, 5) is 25.4. The van der Waals surface area contributed by atoms with E-state index in [2.05, 4.69) is 5.32 Å². The summed E-state index contributed by atoms with van der Waals surface area (Å²) >= 11 is 0. The van der Waals surface area contributed by atoms with Gasteiger partial charge in [-0.2, -0.15) is 0 Å². The molecule has 1 aliphatic rings. The van der Waals surface area contributed by atoms with Gasteiger partial charge in [-0.1, -0.05) is 18.2 Å². The molecule has 6 nitrogen and oxygen atoms in total. The highest BCUT2D eigenvalue weighted by molar-refractivity contribution is 7.91. The van der Waals surface area contributed by atoms with Gasteiger partial charge in [0.1, 0.15) is 6.04 Å². The highest BCUT2D eigenvalue weighted by Gasteiger charge is 2.29. The van der Waals surface area contributed by atoms with E-state index in [1.807, 2.05) is 0 Å². The minimum atomic E-state index is -3.36. The first-order chi connectivity index (χ1) is 10.4. The first kappa shape index (κ1) is 16.5. The molecule has 2 amide bonds. The number of carbonyl (C=O) groups excluding carboxylic acids is 2. The number of sulfone groups is 1. The Hall–Kier alpha value is -1.89. The molecule has 2 rings (SSSR count). The molecule has 0 aromatic heterocycles. The molecule has 1 atom stereocenters. The van der Waals surface area contributed by atoms with Crippen molar-refractivity contribution < 1.29 is 18.0 Å². The number of nitrogens with zero attached hydrogens (tertiary/aromatic N) is 1. The predicted octanol–water partition coefficient (Wildman–Crippen LogP) is 0.587. The number of nitrogens with one attached hydrogen (secondary N) is 1. The number of hydrogen-bond donors (Lipinski definition) is 1. The van der Waals surface area contributed by atoms with Gasteiger partial charge in [0.15, 0.2) is 9.84 Å². The maximum absolute atomic E-state index is 12.1. The van der Waals surface area contributed by atoms with Gasteiger partial charge in [0, 0.05) is 19.5 Å². The first-order valence-corrected chi connectivity index (χ1v) is 8.92. The molecular formula is C15H20N2O4S. The number of hydrogen-bond acceptors (Lipinski definition) is 4. The van der Waals surface area contributed by atoms with E-state index in [4.69, 9.17) is 0 Å². The van der Waals surface area contributed by atoms with Crippen LogP contribution in [0.5, 0.6) is 0 Å². The SMILES string of the molecule is C[C@@H]1C(=O)NCCN1C(=O)CCCS(=O)(=O)c1ccccc1. The third kappa shape index (κ3) is 3.85. The van der Waals surface area contributed by atoms with Crippen LogP contribution < -0.4 is 5.32 Å². The maximum atomic E-state index is 12.1. The smallest absolute Gasteiger partial charge is 0.242 e. The third-order valence-electron chi connectivity index (χ3n) is 3.73. The molecule has 1 saturated heterocycles. The van der Waals surface area contributed by atoms with Gasteiger partial charge < -0.3 is 10.2 Å². The van der Waals surface area contributed by atoms with E-state index in [1.165, 1.54) is 4.90 Å². The molecule has 120 valence electrons. The Kier molecular flexibility index (Phi) is 5.18. The number of amides is 2. The van der Waals surface area contributed by atoms with Crippen molar-refractivity contribution >= 4 is 21.7 Å². The second-order valence-corrected chi connectivity index (χ2v) is 7.40. The van der Waals surface area contributed by atoms with Crippen LogP contribution >= 0.6 is 0 Å². The van der Waals surface area contributed by atoms with Crippen LogP contribution in [0.4, 0.5) is 0 Å². The Morgan fingerprint density at radius 2 is 2.00 bits per heavy atom. The topological polar surface area (TPSA) is 83.6 Å². The monoisotopic (exact) mass is 324 g/mol. The summed E-state index contributed by atoms with van der Waals surface area (Å²) in [6.45, 7) is 2.58. The van der Waals surface area contributed by atoms with E-state index in [-0.39, 0.29) is 35.3 Å². The highest BCUT2D eigenvalue weighted by atomic mass is 32.2. The van der Waals surface area contributed by atoms with Gasteiger partial charge in [-0.15, -0.1) is 0 Å². The van der Waals surface area contributed by atoms with Crippen molar-refractivity contribution in [2.24, 2.45) is 0 Å². The summed E-state index contributed by atoms with van der Waals surface area (Å²) in [5.74, 6) is -0.418. The lowest BCUT2D eigenvalue weighted by Gasteiger charge is -2.32. The van der Waals surface area contributed by atoms with Crippen molar-refractivity contribution in [3.05, 3.63) is 30.3 Å². The molecule has 0 spiro atoms. The second-order valence-electron chi connectivity index (χ2n) is 5.29. The van der Waals surface area contributed by atoms with Gasteiger partial charge in [0.25, 0.3) is 0 Å². The zero-order chi connectivity index (χ0) is 16.2. The first-order valence-electron chi connectivity index (χ1n) is 7.27. The van der Waals surface area contributed by atoms with Gasteiger partial charge >= 0.3 is 0 Å². The van der Waals surface area contributed by atoms with E-state index >= 15 is 0 Å². The Morgan fingerprint density at radius 3 is 2.68 bits per heavy atom. The molecule has 1 heterocycles. The molecule has 0 radical (unpaired) electrons. The lowest BCUT2D eigenvalue weighted by molar-refractivity contribution is -0.142. The fourth-order valence-corrected chi connectivity index (χ4v) is 3.76. The lowest BCUT2D eigenvalue weighted by atomic mass is 10.2. The predicted molar refractivity (Wildman–Crippen MR) is 81.9 cm³/mol. The number of rotatable bonds is 5. The molecule has 7 heteroatoms. The Balaban J connectivity index is 1.88. The van der Waals surface area contributed by atoms with E-state index in [0.29, 0.717) is 13.1 Å². The summed E-state index contributed by atoms with van der Waals surface area (Å²) < 4.78 is 24.2. The summed E-state index contributed by atoms with van der Waals surface area (Å²) in [6.07, 6.45) is 0.380. The number of carbonyl (C=O) groups is 2. The van der Waals surface area contributed by atoms with Gasteiger partial charge in [0.2, 0.25) is 11.8 Å². The summed E-state index contributed by atoms with van der Waals surface area (Å²) in [5, 5.41) is 2.69. The molecular weight excluding hydrogens is 304 g/mol. The quantitative estimate of drug-likeness (QED) is 0.859. The van der Waals surface area contributed by atoms with Crippen LogP contribution in [0.15, 0.2) is 35.2 Å². The molecule has 1 aromatic rings. The summed E-state index contributed by atoms with van der Waals surface area (Å²) in [6, 6.07) is 7.71. The maximum Gasteiger partial charge on any atom is 0.242 e. The van der Waals surface area contributed by atoms with E-state index in [9.17, 15) is 18.0 Å². The molecule has 0 aliphatic carbocycles. The molecule has 0 saturated carbocycles. The van der Waals surface area contributed by atoms with Crippen LogP contribution in [0, 0.1) is 0 Å². The van der Waals surface area contributed by atoms with Crippen LogP contribution in [0.25, 0.3) is 0 Å². The fourth-order valence-electron chi connectivity index (χ4n) is 2.43. The Labute approximate surface area is 130 Å². The van der Waals surface area contributed by atoms with Gasteiger partial charge in [-0.05, 0) is 25.5 Å². The standard InChI is InChI=1S/C15H20N2O4S/c1-12-15(19)16-9-10-17(12)14(18)8-5-11-22(20,21)13-6-3-2-4-7-13/h2-4,6-7,12H,5,8-11H2,1H3,(H,16,19)/t12-/m1/s1. The van der Waals surface area contributed by atoms with Crippen molar-refractivity contribution in [2.45, 2.75) is 30.7 Å². The normalized spacial score (nSPS) is 18.9. The highest BCUT2D eigenvalue weighted by Crippen LogP contribution is 2.13. The molecule has 1 aliphatic heterocycles. The molecule has 0 bridgehead atoms. The summed E-state index contributed by atoms with van der Waals surface area (Å²) in [7, 11) is -3.36. The number of benzene rings is 1. The lowest BCUT2D eigenvalue weighted by Crippen LogP contribution is -2.55. The van der Waals surface area contributed by atoms with Gasteiger partial charge in [0.05, 0.1) is 10.6 Å². The average Bonchev–Trinajstić information content (AvgIpc) is 2.50. The van der Waals surface area contributed by atoms with E-state index < -0.39 is 15.9 Å². The van der Waals surface area contributed by atoms with Crippen molar-refractivity contribution in [2.75, 3.05) is 18.8 Å². The third-order valence-corrected chi connectivity index (χ3v) is 5.54. The zero-order valence-corrected chi connectivity index (χ0v) is 13.3. The average molecular weight is 324 g/mol. The Bertz CT molecular complexity index is 643.